The van der Waals surface area contributed by atoms with Crippen molar-refractivity contribution in [3.63, 3.8) is 0 Å². The van der Waals surface area contributed by atoms with Gasteiger partial charge in [0.05, 0.1) is 0 Å². The molecule has 0 saturated carbocycles. The van der Waals surface area contributed by atoms with Gasteiger partial charge in [-0.3, -0.25) is 4.79 Å². The monoisotopic (exact) mass is 355 g/mol. The minimum atomic E-state index is -0.493. The molecule has 26 heavy (non-hydrogen) atoms. The summed E-state index contributed by atoms with van der Waals surface area (Å²) in [4.78, 5) is 30.5. The van der Waals surface area contributed by atoms with Crippen LogP contribution >= 0.6 is 0 Å². The number of nitrogens with zero attached hydrogens (tertiary/aromatic N) is 1. The van der Waals surface area contributed by atoms with Gasteiger partial charge < -0.3 is 10.3 Å². The third kappa shape index (κ3) is 5.55. The second kappa shape index (κ2) is 8.30. The van der Waals surface area contributed by atoms with E-state index < -0.39 is 5.69 Å². The van der Waals surface area contributed by atoms with Crippen molar-refractivity contribution in [1.82, 2.24) is 15.3 Å². The van der Waals surface area contributed by atoms with Crippen LogP contribution in [-0.4, -0.2) is 22.4 Å². The minimum Gasteiger partial charge on any atom is -0.351 e. The molecule has 0 radical (unpaired) electrons. The average Bonchev–Trinajstić information content (AvgIpc) is 2.57. The van der Waals surface area contributed by atoms with Crippen LogP contribution in [0.15, 0.2) is 35.1 Å². The van der Waals surface area contributed by atoms with Crippen molar-refractivity contribution >= 4 is 5.91 Å². The van der Waals surface area contributed by atoms with Gasteiger partial charge in [-0.05, 0) is 36.0 Å². The standard InChI is InChI=1S/C21H29N3O2/c1-14(2)16-10-8-15(9-11-16)7-6-12-22-19(25)17-13-18(21(3,4)5)24-20(26)23-17/h8-11,13-14H,6-7,12H2,1-5H3,(H,22,25)(H,23,24,26). The van der Waals surface area contributed by atoms with Crippen LogP contribution in [0.1, 0.15) is 74.3 Å². The highest BCUT2D eigenvalue weighted by atomic mass is 16.2. The molecular formula is C21H29N3O2. The highest BCUT2D eigenvalue weighted by Crippen LogP contribution is 2.19. The highest BCUT2D eigenvalue weighted by Gasteiger charge is 2.18. The lowest BCUT2D eigenvalue weighted by Gasteiger charge is -2.18. The van der Waals surface area contributed by atoms with Crippen LogP contribution < -0.4 is 11.0 Å². The first kappa shape index (κ1) is 19.9. The number of aromatic amines is 1. The van der Waals surface area contributed by atoms with Crippen LogP contribution in [0.25, 0.3) is 0 Å². The van der Waals surface area contributed by atoms with Crippen LogP contribution in [0.3, 0.4) is 0 Å². The number of carbonyl (C=O) groups is 1. The molecule has 0 bridgehead atoms. The van der Waals surface area contributed by atoms with Gasteiger partial charge >= 0.3 is 5.69 Å². The van der Waals surface area contributed by atoms with Crippen molar-refractivity contribution in [2.24, 2.45) is 0 Å². The van der Waals surface area contributed by atoms with E-state index in [0.29, 0.717) is 18.2 Å². The maximum atomic E-state index is 12.3. The molecule has 0 aliphatic rings. The number of aromatic nitrogens is 2. The molecule has 0 aliphatic carbocycles. The Bertz CT molecular complexity index is 799. The first-order valence-electron chi connectivity index (χ1n) is 9.15. The van der Waals surface area contributed by atoms with Gasteiger partial charge in [-0.25, -0.2) is 4.79 Å². The maximum absolute atomic E-state index is 12.3. The van der Waals surface area contributed by atoms with Gasteiger partial charge in [0.25, 0.3) is 5.91 Å². The summed E-state index contributed by atoms with van der Waals surface area (Å²) < 4.78 is 0. The summed E-state index contributed by atoms with van der Waals surface area (Å²) in [6.07, 6.45) is 1.73. The van der Waals surface area contributed by atoms with Gasteiger partial charge in [-0.15, -0.1) is 0 Å². The summed E-state index contributed by atoms with van der Waals surface area (Å²) in [5, 5.41) is 2.85. The molecule has 2 aromatic rings. The second-order valence-corrected chi connectivity index (χ2v) is 7.99. The van der Waals surface area contributed by atoms with Crippen LogP contribution in [0.2, 0.25) is 0 Å². The lowest BCUT2D eigenvalue weighted by Crippen LogP contribution is -2.30. The van der Waals surface area contributed by atoms with E-state index in [1.807, 2.05) is 20.8 Å². The summed E-state index contributed by atoms with van der Waals surface area (Å²) in [6.45, 7) is 10.8. The molecule has 1 aromatic heterocycles. The molecule has 1 amide bonds. The molecule has 2 N–H and O–H groups in total. The van der Waals surface area contributed by atoms with Crippen molar-refractivity contribution < 1.29 is 4.79 Å². The van der Waals surface area contributed by atoms with E-state index in [4.69, 9.17) is 0 Å². The lowest BCUT2D eigenvalue weighted by atomic mass is 9.91. The Morgan fingerprint density at radius 3 is 2.42 bits per heavy atom. The lowest BCUT2D eigenvalue weighted by molar-refractivity contribution is 0.0947. The zero-order valence-corrected chi connectivity index (χ0v) is 16.3. The van der Waals surface area contributed by atoms with Crippen LogP contribution in [0.5, 0.6) is 0 Å². The Labute approximate surface area is 155 Å². The fraction of sp³-hybridized carbons (Fsp3) is 0.476. The molecular weight excluding hydrogens is 326 g/mol. The van der Waals surface area contributed by atoms with Crippen molar-refractivity contribution in [1.29, 1.82) is 0 Å². The summed E-state index contributed by atoms with van der Waals surface area (Å²) >= 11 is 0. The van der Waals surface area contributed by atoms with Gasteiger partial charge in [0.2, 0.25) is 0 Å². The molecule has 0 aliphatic heterocycles. The smallest absolute Gasteiger partial charge is 0.345 e. The number of amides is 1. The predicted molar refractivity (Wildman–Crippen MR) is 105 cm³/mol. The Morgan fingerprint density at radius 2 is 1.85 bits per heavy atom. The zero-order chi connectivity index (χ0) is 19.3. The van der Waals surface area contributed by atoms with Gasteiger partial charge in [0, 0.05) is 17.7 Å². The second-order valence-electron chi connectivity index (χ2n) is 7.99. The number of rotatable bonds is 6. The number of H-pyrrole nitrogens is 1. The molecule has 5 nitrogen and oxygen atoms in total. The summed E-state index contributed by atoms with van der Waals surface area (Å²) in [5.41, 5.74) is 2.71. The van der Waals surface area contributed by atoms with Crippen molar-refractivity contribution in [2.75, 3.05) is 6.54 Å². The van der Waals surface area contributed by atoms with E-state index in [0.717, 1.165) is 12.8 Å². The minimum absolute atomic E-state index is 0.167. The van der Waals surface area contributed by atoms with E-state index in [-0.39, 0.29) is 17.0 Å². The Kier molecular flexibility index (Phi) is 6.35. The molecule has 0 atom stereocenters. The SMILES string of the molecule is CC(C)c1ccc(CCCNC(=O)c2cc(C(C)(C)C)[nH]c(=O)n2)cc1. The molecule has 0 spiro atoms. The van der Waals surface area contributed by atoms with E-state index >= 15 is 0 Å². The van der Waals surface area contributed by atoms with E-state index in [1.165, 1.54) is 11.1 Å². The third-order valence-corrected chi connectivity index (χ3v) is 4.36. The van der Waals surface area contributed by atoms with Crippen LogP contribution in [-0.2, 0) is 11.8 Å². The Hall–Kier alpha value is -2.43. The first-order valence-corrected chi connectivity index (χ1v) is 9.15. The third-order valence-electron chi connectivity index (χ3n) is 4.36. The number of hydrogen-bond acceptors (Lipinski definition) is 3. The normalized spacial score (nSPS) is 11.6. The van der Waals surface area contributed by atoms with E-state index in [1.54, 1.807) is 6.07 Å². The number of carbonyl (C=O) groups excluding carboxylic acids is 1. The number of aryl methyl sites for hydroxylation is 1. The summed E-state index contributed by atoms with van der Waals surface area (Å²) in [7, 11) is 0. The average molecular weight is 355 g/mol. The fourth-order valence-corrected chi connectivity index (χ4v) is 2.63. The number of benzene rings is 1. The van der Waals surface area contributed by atoms with Crippen molar-refractivity contribution in [2.45, 2.75) is 58.8 Å². The van der Waals surface area contributed by atoms with Gasteiger partial charge in [0.1, 0.15) is 5.69 Å². The highest BCUT2D eigenvalue weighted by molar-refractivity contribution is 5.92. The van der Waals surface area contributed by atoms with Gasteiger partial charge in [-0.1, -0.05) is 58.9 Å². The van der Waals surface area contributed by atoms with Crippen LogP contribution in [0, 0.1) is 0 Å². The Morgan fingerprint density at radius 1 is 1.19 bits per heavy atom. The molecule has 1 heterocycles. The van der Waals surface area contributed by atoms with E-state index in [2.05, 4.69) is 53.4 Å². The maximum Gasteiger partial charge on any atom is 0.345 e. The number of nitrogens with one attached hydrogen (secondary N) is 2. The van der Waals surface area contributed by atoms with Crippen molar-refractivity contribution in [3.05, 3.63) is 63.3 Å². The molecule has 5 heteroatoms. The van der Waals surface area contributed by atoms with Crippen molar-refractivity contribution in [3.8, 4) is 0 Å². The molecule has 2 rings (SSSR count). The molecule has 1 aromatic carbocycles. The van der Waals surface area contributed by atoms with E-state index in [9.17, 15) is 9.59 Å². The Balaban J connectivity index is 1.89. The zero-order valence-electron chi connectivity index (χ0n) is 16.3. The predicted octanol–water partition coefficient (Wildman–Crippen LogP) is 3.55. The fourth-order valence-electron chi connectivity index (χ4n) is 2.63. The van der Waals surface area contributed by atoms with Crippen LogP contribution in [0.4, 0.5) is 0 Å². The number of hydrogen-bond donors (Lipinski definition) is 2. The van der Waals surface area contributed by atoms with Gasteiger partial charge in [0.15, 0.2) is 0 Å². The molecule has 140 valence electrons. The summed E-state index contributed by atoms with van der Waals surface area (Å²) in [6, 6.07) is 10.3. The van der Waals surface area contributed by atoms with Gasteiger partial charge in [-0.2, -0.15) is 4.98 Å². The largest absolute Gasteiger partial charge is 0.351 e. The first-order chi connectivity index (χ1) is 12.2. The summed E-state index contributed by atoms with van der Waals surface area (Å²) in [5.74, 6) is 0.222. The topological polar surface area (TPSA) is 74.8 Å². The quantitative estimate of drug-likeness (QED) is 0.778. The molecule has 0 fully saturated rings. The molecule has 0 saturated heterocycles. The molecule has 0 unspecified atom stereocenters.